The van der Waals surface area contributed by atoms with Gasteiger partial charge in [-0.2, -0.15) is 0 Å². The summed E-state index contributed by atoms with van der Waals surface area (Å²) in [6.45, 7) is 4.15. The Morgan fingerprint density at radius 2 is 1.83 bits per heavy atom. The van der Waals surface area contributed by atoms with Gasteiger partial charge in [0.25, 0.3) is 0 Å². The molecule has 1 heterocycles. The predicted octanol–water partition coefficient (Wildman–Crippen LogP) is 4.70. The summed E-state index contributed by atoms with van der Waals surface area (Å²) in [5.41, 5.74) is 1.03. The molecule has 0 radical (unpaired) electrons. The molecule has 0 unspecified atom stereocenters. The maximum absolute atomic E-state index is 6.16. The highest BCUT2D eigenvalue weighted by Gasteiger charge is 2.13. The number of halogens is 2. The SMILES string of the molecule is CC(C)c1cccc(Cl)c1Oc1ccc(Cl)nn1. The van der Waals surface area contributed by atoms with Gasteiger partial charge in [0.2, 0.25) is 5.88 Å². The van der Waals surface area contributed by atoms with Gasteiger partial charge < -0.3 is 4.74 Å². The van der Waals surface area contributed by atoms with E-state index in [-0.39, 0.29) is 0 Å². The van der Waals surface area contributed by atoms with Gasteiger partial charge in [0.1, 0.15) is 0 Å². The normalized spacial score (nSPS) is 10.7. The monoisotopic (exact) mass is 282 g/mol. The van der Waals surface area contributed by atoms with Gasteiger partial charge in [-0.25, -0.2) is 0 Å². The number of aromatic nitrogens is 2. The van der Waals surface area contributed by atoms with Gasteiger partial charge in [-0.3, -0.25) is 0 Å². The van der Waals surface area contributed by atoms with Gasteiger partial charge in [0.15, 0.2) is 10.9 Å². The van der Waals surface area contributed by atoms with Crippen molar-refractivity contribution in [3.8, 4) is 11.6 Å². The molecular weight excluding hydrogens is 271 g/mol. The molecule has 94 valence electrons. The smallest absolute Gasteiger partial charge is 0.239 e. The van der Waals surface area contributed by atoms with Gasteiger partial charge >= 0.3 is 0 Å². The Kier molecular flexibility index (Phi) is 4.04. The molecule has 0 fully saturated rings. The van der Waals surface area contributed by atoms with Crippen LogP contribution in [0.1, 0.15) is 25.3 Å². The first-order valence-corrected chi connectivity index (χ1v) is 6.29. The van der Waals surface area contributed by atoms with E-state index in [1.165, 1.54) is 0 Å². The first-order chi connectivity index (χ1) is 8.58. The summed E-state index contributed by atoms with van der Waals surface area (Å²) in [5.74, 6) is 1.29. The number of para-hydroxylation sites is 1. The largest absolute Gasteiger partial charge is 0.436 e. The van der Waals surface area contributed by atoms with E-state index < -0.39 is 0 Å². The fraction of sp³-hybridized carbons (Fsp3) is 0.231. The molecule has 2 aromatic rings. The van der Waals surface area contributed by atoms with Crippen molar-refractivity contribution in [3.05, 3.63) is 46.1 Å². The lowest BCUT2D eigenvalue weighted by atomic mass is 10.0. The Bertz CT molecular complexity index is 541. The van der Waals surface area contributed by atoms with Crippen LogP contribution in [0.4, 0.5) is 0 Å². The van der Waals surface area contributed by atoms with E-state index >= 15 is 0 Å². The van der Waals surface area contributed by atoms with Crippen LogP contribution < -0.4 is 4.74 Å². The van der Waals surface area contributed by atoms with Crippen LogP contribution in [-0.2, 0) is 0 Å². The van der Waals surface area contributed by atoms with Crippen molar-refractivity contribution in [3.63, 3.8) is 0 Å². The molecule has 0 saturated carbocycles. The summed E-state index contributed by atoms with van der Waals surface area (Å²) in [7, 11) is 0. The molecular formula is C13H12Cl2N2O. The molecule has 18 heavy (non-hydrogen) atoms. The number of nitrogens with zero attached hydrogens (tertiary/aromatic N) is 2. The molecule has 3 nitrogen and oxygen atoms in total. The Hall–Kier alpha value is -1.32. The first kappa shape index (κ1) is 13.1. The van der Waals surface area contributed by atoms with E-state index in [4.69, 9.17) is 27.9 Å². The Morgan fingerprint density at radius 1 is 1.06 bits per heavy atom. The van der Waals surface area contributed by atoms with Gasteiger partial charge in [-0.1, -0.05) is 49.2 Å². The van der Waals surface area contributed by atoms with E-state index in [0.29, 0.717) is 27.7 Å². The van der Waals surface area contributed by atoms with Gasteiger partial charge in [0.05, 0.1) is 5.02 Å². The molecule has 0 spiro atoms. The third-order valence-electron chi connectivity index (χ3n) is 2.43. The molecule has 0 aliphatic rings. The molecule has 5 heteroatoms. The second kappa shape index (κ2) is 5.55. The fourth-order valence-electron chi connectivity index (χ4n) is 1.55. The van der Waals surface area contributed by atoms with Crippen LogP contribution in [0.2, 0.25) is 10.2 Å². The van der Waals surface area contributed by atoms with Crippen LogP contribution in [0, 0.1) is 0 Å². The molecule has 0 atom stereocenters. The highest BCUT2D eigenvalue weighted by Crippen LogP contribution is 2.36. The average molecular weight is 283 g/mol. The van der Waals surface area contributed by atoms with Crippen molar-refractivity contribution in [2.75, 3.05) is 0 Å². The predicted molar refractivity (Wildman–Crippen MR) is 72.7 cm³/mol. The number of ether oxygens (including phenoxy) is 1. The summed E-state index contributed by atoms with van der Waals surface area (Å²) >= 11 is 11.8. The van der Waals surface area contributed by atoms with Crippen molar-refractivity contribution < 1.29 is 4.74 Å². The van der Waals surface area contributed by atoms with Crippen molar-refractivity contribution >= 4 is 23.2 Å². The third kappa shape index (κ3) is 2.92. The number of benzene rings is 1. The number of hydrogen-bond donors (Lipinski definition) is 0. The third-order valence-corrected chi connectivity index (χ3v) is 2.93. The quantitative estimate of drug-likeness (QED) is 0.819. The van der Waals surface area contributed by atoms with Crippen LogP contribution >= 0.6 is 23.2 Å². The zero-order valence-electron chi connectivity index (χ0n) is 10.0. The molecule has 1 aromatic carbocycles. The molecule has 0 N–H and O–H groups in total. The van der Waals surface area contributed by atoms with Gasteiger partial charge in [-0.05, 0) is 23.6 Å². The zero-order chi connectivity index (χ0) is 13.1. The average Bonchev–Trinajstić information content (AvgIpc) is 2.34. The van der Waals surface area contributed by atoms with Crippen LogP contribution in [-0.4, -0.2) is 10.2 Å². The van der Waals surface area contributed by atoms with E-state index in [1.54, 1.807) is 18.2 Å². The van der Waals surface area contributed by atoms with Crippen molar-refractivity contribution in [1.29, 1.82) is 0 Å². The standard InChI is InChI=1S/C13H12Cl2N2O/c1-8(2)9-4-3-5-10(14)13(9)18-12-7-6-11(15)16-17-12/h3-8H,1-2H3. The van der Waals surface area contributed by atoms with Crippen molar-refractivity contribution in [1.82, 2.24) is 10.2 Å². The highest BCUT2D eigenvalue weighted by molar-refractivity contribution is 6.32. The van der Waals surface area contributed by atoms with Gasteiger partial charge in [-0.15, -0.1) is 10.2 Å². The Labute approximate surface area is 116 Å². The molecule has 0 amide bonds. The van der Waals surface area contributed by atoms with Gasteiger partial charge in [0, 0.05) is 6.07 Å². The van der Waals surface area contributed by atoms with Crippen LogP contribution in [0.3, 0.4) is 0 Å². The number of rotatable bonds is 3. The zero-order valence-corrected chi connectivity index (χ0v) is 11.5. The Balaban J connectivity index is 2.36. The Morgan fingerprint density at radius 3 is 2.44 bits per heavy atom. The molecule has 0 aliphatic carbocycles. The summed E-state index contributed by atoms with van der Waals surface area (Å²) in [4.78, 5) is 0. The van der Waals surface area contributed by atoms with E-state index in [2.05, 4.69) is 24.0 Å². The molecule has 2 rings (SSSR count). The van der Waals surface area contributed by atoms with E-state index in [0.717, 1.165) is 5.56 Å². The number of hydrogen-bond acceptors (Lipinski definition) is 3. The fourth-order valence-corrected chi connectivity index (χ4v) is 1.87. The molecule has 0 aliphatic heterocycles. The van der Waals surface area contributed by atoms with Crippen molar-refractivity contribution in [2.45, 2.75) is 19.8 Å². The lowest BCUT2D eigenvalue weighted by molar-refractivity contribution is 0.447. The maximum atomic E-state index is 6.16. The summed E-state index contributed by atoms with van der Waals surface area (Å²) < 4.78 is 5.69. The van der Waals surface area contributed by atoms with Crippen molar-refractivity contribution in [2.24, 2.45) is 0 Å². The van der Waals surface area contributed by atoms with E-state index in [1.807, 2.05) is 12.1 Å². The minimum absolute atomic E-state index is 0.305. The summed E-state index contributed by atoms with van der Waals surface area (Å²) in [5, 5.41) is 8.46. The molecule has 0 bridgehead atoms. The van der Waals surface area contributed by atoms with E-state index in [9.17, 15) is 0 Å². The van der Waals surface area contributed by atoms with Crippen LogP contribution in [0.25, 0.3) is 0 Å². The first-order valence-electron chi connectivity index (χ1n) is 5.53. The minimum atomic E-state index is 0.305. The highest BCUT2D eigenvalue weighted by atomic mass is 35.5. The molecule has 0 saturated heterocycles. The topological polar surface area (TPSA) is 35.0 Å². The summed E-state index contributed by atoms with van der Waals surface area (Å²) in [6.07, 6.45) is 0. The lowest BCUT2D eigenvalue weighted by Crippen LogP contribution is -1.96. The minimum Gasteiger partial charge on any atom is -0.436 e. The van der Waals surface area contributed by atoms with Crippen LogP contribution in [0.15, 0.2) is 30.3 Å². The lowest BCUT2D eigenvalue weighted by Gasteiger charge is -2.14. The summed E-state index contributed by atoms with van der Waals surface area (Å²) in [6, 6.07) is 8.94. The second-order valence-corrected chi connectivity index (χ2v) is 4.90. The molecule has 1 aromatic heterocycles. The maximum Gasteiger partial charge on any atom is 0.239 e. The second-order valence-electron chi connectivity index (χ2n) is 4.11. The van der Waals surface area contributed by atoms with Crippen LogP contribution in [0.5, 0.6) is 11.6 Å².